The number of aromatic nitrogens is 2. The monoisotopic (exact) mass is 330 g/mol. The smallest absolute Gasteiger partial charge is 0.435 e. The van der Waals surface area contributed by atoms with Gasteiger partial charge in [-0.2, -0.15) is 9.78 Å². The van der Waals surface area contributed by atoms with Crippen LogP contribution in [-0.4, -0.2) is 21.5 Å². The number of hydrogen-bond acceptors (Lipinski definition) is 3. The van der Waals surface area contributed by atoms with Crippen molar-refractivity contribution in [3.63, 3.8) is 0 Å². The highest BCUT2D eigenvalue weighted by Gasteiger charge is 2.21. The first kappa shape index (κ1) is 13.4. The van der Waals surface area contributed by atoms with E-state index in [4.69, 9.17) is 16.3 Å². The number of fused-ring (bicyclic) bond motifs is 1. The first-order valence-electron chi connectivity index (χ1n) is 5.35. The average molecular weight is 332 g/mol. The van der Waals surface area contributed by atoms with Gasteiger partial charge < -0.3 is 4.74 Å². The molecule has 0 radical (unpaired) electrons. The number of carbonyl (C=O) groups excluding carboxylic acids is 1. The van der Waals surface area contributed by atoms with Gasteiger partial charge in [-0.1, -0.05) is 11.6 Å². The molecule has 0 bridgehead atoms. The third kappa shape index (κ3) is 2.67. The first-order chi connectivity index (χ1) is 8.28. The van der Waals surface area contributed by atoms with Gasteiger partial charge in [0.05, 0.1) is 5.52 Å². The number of nitrogens with zero attached hydrogens (tertiary/aromatic N) is 2. The molecule has 0 aliphatic carbocycles. The van der Waals surface area contributed by atoms with E-state index in [-0.39, 0.29) is 0 Å². The Hall–Kier alpha value is -1.07. The van der Waals surface area contributed by atoms with E-state index in [0.717, 1.165) is 5.39 Å². The first-order valence-corrected chi connectivity index (χ1v) is 6.52. The molecule has 96 valence electrons. The highest BCUT2D eigenvalue weighted by molar-refractivity contribution is 9.10. The van der Waals surface area contributed by atoms with Gasteiger partial charge in [-0.3, -0.25) is 0 Å². The molecular formula is C12H12BrClN2O2. The molecule has 0 aliphatic heterocycles. The lowest BCUT2D eigenvalue weighted by Gasteiger charge is -2.19. The van der Waals surface area contributed by atoms with Crippen LogP contribution in [0.15, 0.2) is 22.8 Å². The molecule has 0 amide bonds. The molecule has 0 N–H and O–H groups in total. The van der Waals surface area contributed by atoms with Gasteiger partial charge in [0.25, 0.3) is 0 Å². The van der Waals surface area contributed by atoms with Crippen LogP contribution in [0.1, 0.15) is 20.8 Å². The van der Waals surface area contributed by atoms with Gasteiger partial charge in [0.15, 0.2) is 0 Å². The Bertz CT molecular complexity index is 616. The van der Waals surface area contributed by atoms with Gasteiger partial charge in [-0.15, -0.1) is 0 Å². The molecule has 0 spiro atoms. The maximum absolute atomic E-state index is 12.0. The molecule has 0 atom stereocenters. The van der Waals surface area contributed by atoms with Crippen molar-refractivity contribution < 1.29 is 9.53 Å². The van der Waals surface area contributed by atoms with Crippen molar-refractivity contribution in [2.75, 3.05) is 0 Å². The summed E-state index contributed by atoms with van der Waals surface area (Å²) in [5, 5.41) is 5.47. The van der Waals surface area contributed by atoms with E-state index in [1.54, 1.807) is 39.0 Å². The van der Waals surface area contributed by atoms with Gasteiger partial charge >= 0.3 is 6.09 Å². The van der Waals surface area contributed by atoms with Crippen LogP contribution in [0.4, 0.5) is 4.79 Å². The second-order valence-corrected chi connectivity index (χ2v) is 6.03. The largest absolute Gasteiger partial charge is 0.442 e. The summed E-state index contributed by atoms with van der Waals surface area (Å²) in [4.78, 5) is 12.0. The van der Waals surface area contributed by atoms with Crippen molar-refractivity contribution in [3.8, 4) is 0 Å². The second-order valence-electron chi connectivity index (χ2n) is 4.84. The summed E-state index contributed by atoms with van der Waals surface area (Å²) in [6.07, 6.45) is -0.527. The van der Waals surface area contributed by atoms with E-state index in [2.05, 4.69) is 21.0 Å². The van der Waals surface area contributed by atoms with Crippen LogP contribution >= 0.6 is 27.5 Å². The van der Waals surface area contributed by atoms with E-state index >= 15 is 0 Å². The summed E-state index contributed by atoms with van der Waals surface area (Å²) in [6.45, 7) is 5.41. The fourth-order valence-electron chi connectivity index (χ4n) is 1.49. The molecule has 1 aromatic carbocycles. The molecule has 0 saturated heterocycles. The highest BCUT2D eigenvalue weighted by atomic mass is 79.9. The zero-order chi connectivity index (χ0) is 13.5. The van der Waals surface area contributed by atoms with Crippen LogP contribution < -0.4 is 0 Å². The molecule has 2 aromatic rings. The summed E-state index contributed by atoms with van der Waals surface area (Å²) in [6, 6.07) is 5.23. The van der Waals surface area contributed by atoms with Gasteiger partial charge in [-0.25, -0.2) is 4.79 Å². The molecule has 0 unspecified atom stereocenters. The fourth-order valence-corrected chi connectivity index (χ4v) is 2.15. The predicted molar refractivity (Wildman–Crippen MR) is 74.1 cm³/mol. The number of rotatable bonds is 0. The summed E-state index contributed by atoms with van der Waals surface area (Å²) < 4.78 is 7.07. The Kier molecular flexibility index (Phi) is 3.38. The maximum Gasteiger partial charge on any atom is 0.435 e. The minimum absolute atomic E-state index is 0.527. The summed E-state index contributed by atoms with van der Waals surface area (Å²) in [7, 11) is 0. The highest BCUT2D eigenvalue weighted by Crippen LogP contribution is 2.26. The Morgan fingerprint density at radius 2 is 2.11 bits per heavy atom. The molecule has 0 aliphatic rings. The zero-order valence-electron chi connectivity index (χ0n) is 10.2. The molecule has 2 rings (SSSR count). The second kappa shape index (κ2) is 4.55. The molecule has 1 aromatic heterocycles. The third-order valence-electron chi connectivity index (χ3n) is 2.16. The van der Waals surface area contributed by atoms with Crippen molar-refractivity contribution in [2.45, 2.75) is 26.4 Å². The van der Waals surface area contributed by atoms with Crippen molar-refractivity contribution in [1.29, 1.82) is 0 Å². The topological polar surface area (TPSA) is 44.1 Å². The molecule has 1 heterocycles. The number of halogens is 2. The van der Waals surface area contributed by atoms with E-state index in [1.807, 2.05) is 0 Å². The lowest BCUT2D eigenvalue weighted by atomic mass is 10.2. The SMILES string of the molecule is CC(C)(C)OC(=O)n1nc(Br)c2ccc(Cl)cc21. The van der Waals surface area contributed by atoms with Crippen molar-refractivity contribution in [2.24, 2.45) is 0 Å². The Morgan fingerprint density at radius 3 is 2.72 bits per heavy atom. The van der Waals surface area contributed by atoms with Crippen molar-refractivity contribution in [3.05, 3.63) is 27.8 Å². The van der Waals surface area contributed by atoms with Crippen LogP contribution in [0.5, 0.6) is 0 Å². The van der Waals surface area contributed by atoms with E-state index in [1.165, 1.54) is 4.68 Å². The summed E-state index contributed by atoms with van der Waals surface area (Å²) in [5.74, 6) is 0. The fraction of sp³-hybridized carbons (Fsp3) is 0.333. The third-order valence-corrected chi connectivity index (χ3v) is 2.99. The number of benzene rings is 1. The van der Waals surface area contributed by atoms with Crippen LogP contribution in [0, 0.1) is 0 Å². The van der Waals surface area contributed by atoms with E-state index in [9.17, 15) is 4.79 Å². The quantitative estimate of drug-likeness (QED) is 0.725. The van der Waals surface area contributed by atoms with Crippen LogP contribution in [0.2, 0.25) is 5.02 Å². The lowest BCUT2D eigenvalue weighted by molar-refractivity contribution is 0.0522. The summed E-state index contributed by atoms with van der Waals surface area (Å²) in [5.41, 5.74) is 0.0454. The average Bonchev–Trinajstić information content (AvgIpc) is 2.53. The van der Waals surface area contributed by atoms with Crippen molar-refractivity contribution in [1.82, 2.24) is 9.78 Å². The number of ether oxygens (including phenoxy) is 1. The number of carbonyl (C=O) groups is 1. The molecule has 0 saturated carbocycles. The number of hydrogen-bond donors (Lipinski definition) is 0. The summed E-state index contributed by atoms with van der Waals surface area (Å²) >= 11 is 9.24. The molecular weight excluding hydrogens is 320 g/mol. The van der Waals surface area contributed by atoms with Gasteiger partial charge in [-0.05, 0) is 54.9 Å². The van der Waals surface area contributed by atoms with Crippen molar-refractivity contribution >= 4 is 44.5 Å². The Morgan fingerprint density at radius 1 is 1.44 bits per heavy atom. The Balaban J connectivity index is 2.51. The lowest BCUT2D eigenvalue weighted by Crippen LogP contribution is -2.27. The van der Waals surface area contributed by atoms with Crippen LogP contribution in [0.25, 0.3) is 10.9 Å². The maximum atomic E-state index is 12.0. The normalized spacial score (nSPS) is 11.8. The minimum Gasteiger partial charge on any atom is -0.442 e. The molecule has 0 fully saturated rings. The molecule has 6 heteroatoms. The van der Waals surface area contributed by atoms with Crippen LogP contribution in [0.3, 0.4) is 0 Å². The molecule has 4 nitrogen and oxygen atoms in total. The molecule has 18 heavy (non-hydrogen) atoms. The Labute approximate surface area is 118 Å². The minimum atomic E-state index is -0.569. The van der Waals surface area contributed by atoms with Gasteiger partial charge in [0, 0.05) is 10.4 Å². The van der Waals surface area contributed by atoms with Gasteiger partial charge in [0.1, 0.15) is 10.2 Å². The predicted octanol–water partition coefficient (Wildman–Crippen LogP) is 4.24. The standard InChI is InChI=1S/C12H12BrClN2O2/c1-12(2,3)18-11(17)16-9-6-7(14)4-5-8(9)10(13)15-16/h4-6H,1-3H3. The van der Waals surface area contributed by atoms with E-state index in [0.29, 0.717) is 15.1 Å². The van der Waals surface area contributed by atoms with E-state index < -0.39 is 11.7 Å². The zero-order valence-corrected chi connectivity index (χ0v) is 12.5. The van der Waals surface area contributed by atoms with Gasteiger partial charge in [0.2, 0.25) is 0 Å². The van der Waals surface area contributed by atoms with Crippen LogP contribution in [-0.2, 0) is 4.74 Å².